The van der Waals surface area contributed by atoms with Crippen LogP contribution in [0.15, 0.2) is 300 Å². The lowest BCUT2D eigenvalue weighted by atomic mass is 9.98. The second kappa shape index (κ2) is 32.1. The van der Waals surface area contributed by atoms with Gasteiger partial charge >= 0.3 is 0 Å². The van der Waals surface area contributed by atoms with E-state index in [9.17, 15) is 0 Å². The molecule has 0 N–H and O–H groups in total. The van der Waals surface area contributed by atoms with Crippen molar-refractivity contribution in [2.45, 2.75) is 118 Å². The van der Waals surface area contributed by atoms with E-state index in [1.807, 2.05) is 11.8 Å². The van der Waals surface area contributed by atoms with Crippen molar-refractivity contribution in [3.8, 4) is 28.0 Å². The zero-order chi connectivity index (χ0) is 71.6. The first kappa shape index (κ1) is 70.1. The standard InChI is InChI=1S/C78H72N4OS.C19H22O/c1-7-9-14-59-23-49-74-75-50-46-72(54-78(75)83-77(74)53-59)81(66-34-26-61(27-35-66)60-24-32-65(33-25-60)80(64-30-20-56(4)21-31-64)69-44-47-73(48-45-69)84-51-10-8-2)68-38-42-71(43-39-68)82(76-52-57(5)17-22-58(76)6)70-40-36-67(37-41-70)79(62-15-12-11-13-16-62)63-28-18-55(3)19-29-63;1-4-5-10-20-15-7-9-17-16-8-6-13(2)11-18(16)14(3)19(17)12-15/h11-13,15-50,52-54H,7-10,14,51H2,1-6H3;6-9,11-12,14H,4-5,10H2,1-3H3. The molecule has 0 saturated carbocycles. The molecule has 1 aromatic heterocycles. The fraction of sp³-hybridized carbons (Fsp3) is 0.196. The van der Waals surface area contributed by atoms with Gasteiger partial charge in [0.05, 0.1) is 6.61 Å². The van der Waals surface area contributed by atoms with Gasteiger partial charge in [-0.05, 0) is 286 Å². The summed E-state index contributed by atoms with van der Waals surface area (Å²) < 4.78 is 12.6. The van der Waals surface area contributed by atoms with Crippen LogP contribution < -0.4 is 24.3 Å². The van der Waals surface area contributed by atoms with Gasteiger partial charge in [0, 0.05) is 95.9 Å². The summed E-state index contributed by atoms with van der Waals surface area (Å²) in [5.41, 5.74) is 30.3. The minimum Gasteiger partial charge on any atom is -0.494 e. The number of ether oxygens (including phenoxy) is 1. The SMILES string of the molecule is CCCCOc1ccc2c(c1)C(C)c1cc(C)ccc1-2.CCCCSc1ccc(N(c2ccc(C)cc2)c2ccc(-c3ccc(N(c4ccc(N(c5ccc(N(c6ccccc6)c6ccc(C)cc6)cc5)c5cc(C)ccc5C)cc4)c4ccc5c(c4)oc4cc(CCCC)ccc45)cc3)cc2)cc1. The highest BCUT2D eigenvalue weighted by Crippen LogP contribution is 2.48. The summed E-state index contributed by atoms with van der Waals surface area (Å²) in [5, 5.41) is 2.26. The maximum Gasteiger partial charge on any atom is 0.137 e. The Morgan fingerprint density at radius 2 is 0.779 bits per heavy atom. The summed E-state index contributed by atoms with van der Waals surface area (Å²) in [4.78, 5) is 10.7. The molecule has 1 aliphatic rings. The number of aryl methyl sites for hydroxylation is 6. The lowest BCUT2D eigenvalue weighted by Crippen LogP contribution is -2.14. The molecule has 0 bridgehead atoms. The Balaban J connectivity index is 0.000000391. The van der Waals surface area contributed by atoms with E-state index in [0.29, 0.717) is 5.92 Å². The summed E-state index contributed by atoms with van der Waals surface area (Å²) in [5.74, 6) is 2.61. The van der Waals surface area contributed by atoms with E-state index in [0.717, 1.165) is 145 Å². The number of nitrogens with zero attached hydrogens (tertiary/aromatic N) is 4. The van der Waals surface area contributed by atoms with Crippen LogP contribution in [0.5, 0.6) is 5.75 Å². The highest BCUT2D eigenvalue weighted by Gasteiger charge is 2.27. The van der Waals surface area contributed by atoms with Gasteiger partial charge in [0.25, 0.3) is 0 Å². The number of hydrogen-bond donors (Lipinski definition) is 0. The topological polar surface area (TPSA) is 35.3 Å². The molecule has 0 radical (unpaired) electrons. The minimum absolute atomic E-state index is 0.467. The van der Waals surface area contributed by atoms with Crippen LogP contribution in [0.2, 0.25) is 0 Å². The van der Waals surface area contributed by atoms with Crippen LogP contribution in [0, 0.1) is 34.6 Å². The number of rotatable bonds is 24. The van der Waals surface area contributed by atoms with Crippen molar-refractivity contribution in [2.75, 3.05) is 32.0 Å². The third-order valence-corrected chi connectivity index (χ3v) is 21.3. The number of furan rings is 1. The van der Waals surface area contributed by atoms with Gasteiger partial charge in [0.2, 0.25) is 0 Å². The second-order valence-electron chi connectivity index (χ2n) is 27.9. The second-order valence-corrected chi connectivity index (χ2v) is 29.1. The molecule has 7 heteroatoms. The molecule has 1 atom stereocenters. The normalized spacial score (nSPS) is 12.2. The van der Waals surface area contributed by atoms with Crippen LogP contribution in [0.1, 0.15) is 117 Å². The average molecular weight is 1380 g/mol. The van der Waals surface area contributed by atoms with Crippen LogP contribution in [-0.4, -0.2) is 12.4 Å². The summed E-state index contributed by atoms with van der Waals surface area (Å²) in [7, 11) is 0. The lowest BCUT2D eigenvalue weighted by molar-refractivity contribution is 0.309. The highest BCUT2D eigenvalue weighted by molar-refractivity contribution is 7.99. The average Bonchev–Trinajstić information content (AvgIpc) is 1.01. The zero-order valence-electron chi connectivity index (χ0n) is 61.7. The molecule has 0 amide bonds. The summed E-state index contributed by atoms with van der Waals surface area (Å²) in [6.07, 6.45) is 8.08. The molecule has 1 unspecified atom stereocenters. The monoisotopic (exact) mass is 1380 g/mol. The number of benzene rings is 13. The molecule has 1 aliphatic carbocycles. The largest absolute Gasteiger partial charge is 0.494 e. The Hall–Kier alpha value is -11.0. The maximum atomic E-state index is 6.73. The van der Waals surface area contributed by atoms with Gasteiger partial charge in [0.15, 0.2) is 0 Å². The van der Waals surface area contributed by atoms with Crippen LogP contribution in [0.3, 0.4) is 0 Å². The van der Waals surface area contributed by atoms with Crippen molar-refractivity contribution in [3.05, 3.63) is 336 Å². The Morgan fingerprint density at radius 1 is 0.356 bits per heavy atom. The number of para-hydroxylation sites is 1. The van der Waals surface area contributed by atoms with Gasteiger partial charge in [-0.25, -0.2) is 0 Å². The van der Waals surface area contributed by atoms with Crippen LogP contribution in [-0.2, 0) is 6.42 Å². The summed E-state index contributed by atoms with van der Waals surface area (Å²) >= 11 is 1.93. The molecule has 1 heterocycles. The predicted octanol–water partition coefficient (Wildman–Crippen LogP) is 28.9. The van der Waals surface area contributed by atoms with E-state index in [2.05, 4.69) is 373 Å². The molecule has 520 valence electrons. The van der Waals surface area contributed by atoms with E-state index >= 15 is 0 Å². The number of fused-ring (bicyclic) bond motifs is 6. The number of hydrogen-bond acceptors (Lipinski definition) is 7. The molecule has 13 aromatic carbocycles. The van der Waals surface area contributed by atoms with E-state index in [-0.39, 0.29) is 0 Å². The van der Waals surface area contributed by atoms with E-state index in [1.54, 1.807) is 0 Å². The predicted molar refractivity (Wildman–Crippen MR) is 446 cm³/mol. The Bertz CT molecular complexity index is 5200. The maximum absolute atomic E-state index is 6.73. The fourth-order valence-corrected chi connectivity index (χ4v) is 15.3. The Labute approximate surface area is 620 Å². The van der Waals surface area contributed by atoms with Crippen molar-refractivity contribution in [2.24, 2.45) is 0 Å². The number of unbranched alkanes of at least 4 members (excludes halogenated alkanes) is 3. The first-order chi connectivity index (χ1) is 50.9. The van der Waals surface area contributed by atoms with Crippen LogP contribution in [0.4, 0.5) is 68.2 Å². The molecule has 0 fully saturated rings. The van der Waals surface area contributed by atoms with Gasteiger partial charge in [-0.2, -0.15) is 0 Å². The van der Waals surface area contributed by atoms with E-state index < -0.39 is 0 Å². The molecule has 6 nitrogen and oxygen atoms in total. The summed E-state index contributed by atoms with van der Waals surface area (Å²) in [6, 6.07) is 107. The van der Waals surface area contributed by atoms with E-state index in [1.165, 1.54) is 79.8 Å². The molecule has 0 spiro atoms. The Kier molecular flexibility index (Phi) is 21.6. The molecule has 0 saturated heterocycles. The molecule has 104 heavy (non-hydrogen) atoms. The van der Waals surface area contributed by atoms with Crippen molar-refractivity contribution in [3.63, 3.8) is 0 Å². The molecule has 14 aromatic rings. The number of anilines is 12. The van der Waals surface area contributed by atoms with Gasteiger partial charge in [0.1, 0.15) is 16.9 Å². The molecular formula is C97H94N4O2S. The Morgan fingerprint density at radius 3 is 1.33 bits per heavy atom. The highest BCUT2D eigenvalue weighted by atomic mass is 32.2. The van der Waals surface area contributed by atoms with Gasteiger partial charge in [-0.3, -0.25) is 0 Å². The molecular weight excluding hydrogens is 1290 g/mol. The zero-order valence-corrected chi connectivity index (χ0v) is 62.5. The third-order valence-electron chi connectivity index (χ3n) is 20.2. The number of thioether (sulfide) groups is 1. The van der Waals surface area contributed by atoms with Gasteiger partial charge in [-0.15, -0.1) is 11.8 Å². The van der Waals surface area contributed by atoms with Crippen LogP contribution in [0.25, 0.3) is 44.2 Å². The quantitative estimate of drug-likeness (QED) is 0.0441. The molecule has 0 aliphatic heterocycles. The van der Waals surface area contributed by atoms with Crippen molar-refractivity contribution in [1.29, 1.82) is 0 Å². The molecule has 15 rings (SSSR count). The van der Waals surface area contributed by atoms with Crippen LogP contribution >= 0.6 is 11.8 Å². The van der Waals surface area contributed by atoms with Crippen molar-refractivity contribution < 1.29 is 9.15 Å². The van der Waals surface area contributed by atoms with Gasteiger partial charge in [-0.1, -0.05) is 179 Å². The van der Waals surface area contributed by atoms with Crippen molar-refractivity contribution in [1.82, 2.24) is 0 Å². The lowest BCUT2D eigenvalue weighted by Gasteiger charge is -2.30. The first-order valence-electron chi connectivity index (χ1n) is 37.3. The smallest absolute Gasteiger partial charge is 0.137 e. The van der Waals surface area contributed by atoms with E-state index in [4.69, 9.17) is 9.15 Å². The van der Waals surface area contributed by atoms with Gasteiger partial charge < -0.3 is 28.8 Å². The first-order valence-corrected chi connectivity index (χ1v) is 38.3. The third kappa shape index (κ3) is 15.5. The minimum atomic E-state index is 0.467. The van der Waals surface area contributed by atoms with Crippen molar-refractivity contribution >= 4 is 102 Å². The fourth-order valence-electron chi connectivity index (χ4n) is 14.3. The summed E-state index contributed by atoms with van der Waals surface area (Å²) in [6.45, 7) is 20.6.